The van der Waals surface area contributed by atoms with E-state index >= 15 is 0 Å². The van der Waals surface area contributed by atoms with Gasteiger partial charge in [-0.1, -0.05) is 90.6 Å². The van der Waals surface area contributed by atoms with Crippen molar-refractivity contribution >= 4 is 11.8 Å². The maximum atomic E-state index is 3.53. The lowest BCUT2D eigenvalue weighted by molar-refractivity contribution is 0.722. The standard InChI is InChI=1S/C25H15S/c1-3-11-19-17(9-1)18-10-2-4-12-20(18)25(19)21-13-5-7-15-23(21)26-24-16-8-6-14-22(24)25/h1-9,11-16H. The summed E-state index contributed by atoms with van der Waals surface area (Å²) in [4.78, 5) is 2.69. The predicted molar refractivity (Wildman–Crippen MR) is 107 cm³/mol. The normalized spacial score (nSPS) is 15.1. The fourth-order valence-corrected chi connectivity index (χ4v) is 5.91. The Morgan fingerprint density at radius 1 is 0.577 bits per heavy atom. The van der Waals surface area contributed by atoms with E-state index in [1.807, 2.05) is 17.8 Å². The van der Waals surface area contributed by atoms with Crippen molar-refractivity contribution in [1.82, 2.24) is 0 Å². The minimum absolute atomic E-state index is 0.248. The second kappa shape index (κ2) is 5.12. The largest absolute Gasteiger partial charge is 0.0894 e. The number of rotatable bonds is 0. The van der Waals surface area contributed by atoms with Crippen LogP contribution in [-0.2, 0) is 5.41 Å². The van der Waals surface area contributed by atoms with Gasteiger partial charge in [0, 0.05) is 9.79 Å². The first kappa shape index (κ1) is 14.4. The van der Waals surface area contributed by atoms with Gasteiger partial charge in [0.15, 0.2) is 0 Å². The zero-order chi connectivity index (χ0) is 17.1. The summed E-state index contributed by atoms with van der Waals surface area (Å²) in [7, 11) is 0. The van der Waals surface area contributed by atoms with Crippen LogP contribution in [0.25, 0.3) is 11.1 Å². The first-order chi connectivity index (χ1) is 12.9. The van der Waals surface area contributed by atoms with Crippen molar-refractivity contribution in [3.63, 3.8) is 0 Å². The number of benzene rings is 4. The zero-order valence-corrected chi connectivity index (χ0v) is 14.9. The molecule has 0 N–H and O–H groups in total. The van der Waals surface area contributed by atoms with E-state index in [1.165, 1.54) is 43.2 Å². The van der Waals surface area contributed by atoms with Crippen LogP contribution < -0.4 is 0 Å². The molecule has 0 bridgehead atoms. The van der Waals surface area contributed by atoms with E-state index < -0.39 is 0 Å². The Hall–Kier alpha value is -2.77. The van der Waals surface area contributed by atoms with Gasteiger partial charge in [-0.25, -0.2) is 0 Å². The van der Waals surface area contributed by atoms with Crippen LogP contribution >= 0.6 is 11.8 Å². The summed E-state index contributed by atoms with van der Waals surface area (Å²) in [6.07, 6.45) is 0. The summed E-state index contributed by atoms with van der Waals surface area (Å²) >= 11 is 1.88. The van der Waals surface area contributed by atoms with Gasteiger partial charge in [0.2, 0.25) is 0 Å². The Morgan fingerprint density at radius 3 is 1.88 bits per heavy atom. The highest BCUT2D eigenvalue weighted by Crippen LogP contribution is 2.61. The molecular weight excluding hydrogens is 332 g/mol. The van der Waals surface area contributed by atoms with E-state index in [0.717, 1.165) is 0 Å². The van der Waals surface area contributed by atoms with Crippen molar-refractivity contribution in [1.29, 1.82) is 0 Å². The number of hydrogen-bond donors (Lipinski definition) is 0. The van der Waals surface area contributed by atoms with Crippen molar-refractivity contribution in [2.45, 2.75) is 15.2 Å². The molecule has 0 atom stereocenters. The van der Waals surface area contributed by atoms with Crippen LogP contribution in [0.4, 0.5) is 0 Å². The summed E-state index contributed by atoms with van der Waals surface area (Å²) in [6.45, 7) is 0. The van der Waals surface area contributed by atoms with Gasteiger partial charge in [0.25, 0.3) is 0 Å². The Bertz CT molecular complexity index is 1080. The van der Waals surface area contributed by atoms with Crippen LogP contribution in [0.2, 0.25) is 0 Å². The number of fused-ring (bicyclic) bond motifs is 9. The Kier molecular flexibility index (Phi) is 2.84. The molecule has 0 saturated carbocycles. The third kappa shape index (κ3) is 1.62. The van der Waals surface area contributed by atoms with Gasteiger partial charge in [-0.05, 0) is 51.6 Å². The van der Waals surface area contributed by atoms with Crippen LogP contribution in [0.3, 0.4) is 0 Å². The molecule has 0 amide bonds. The minimum Gasteiger partial charge on any atom is -0.0894 e. The molecule has 26 heavy (non-hydrogen) atoms. The Balaban J connectivity index is 1.87. The van der Waals surface area contributed by atoms with Gasteiger partial charge in [-0.3, -0.25) is 0 Å². The molecule has 1 aliphatic heterocycles. The molecule has 1 heterocycles. The highest BCUT2D eigenvalue weighted by atomic mass is 32.2. The number of hydrogen-bond acceptors (Lipinski definition) is 1. The molecule has 1 spiro atoms. The molecule has 0 unspecified atom stereocenters. The quantitative estimate of drug-likeness (QED) is 0.310. The molecule has 4 aromatic rings. The molecular formula is C25H15S. The van der Waals surface area contributed by atoms with Crippen LogP contribution in [0, 0.1) is 6.07 Å². The molecule has 1 heteroatoms. The van der Waals surface area contributed by atoms with Crippen molar-refractivity contribution < 1.29 is 0 Å². The van der Waals surface area contributed by atoms with Crippen molar-refractivity contribution in [3.8, 4) is 11.1 Å². The van der Waals surface area contributed by atoms with Gasteiger partial charge >= 0.3 is 0 Å². The molecule has 6 rings (SSSR count). The van der Waals surface area contributed by atoms with Crippen molar-refractivity contribution in [3.05, 3.63) is 119 Å². The van der Waals surface area contributed by atoms with Crippen molar-refractivity contribution in [2.75, 3.05) is 0 Å². The van der Waals surface area contributed by atoms with Crippen LogP contribution in [-0.4, -0.2) is 0 Å². The maximum absolute atomic E-state index is 3.53. The monoisotopic (exact) mass is 347 g/mol. The molecule has 1 radical (unpaired) electrons. The third-order valence-corrected chi connectivity index (χ3v) is 6.81. The lowest BCUT2D eigenvalue weighted by atomic mass is 9.67. The van der Waals surface area contributed by atoms with Crippen LogP contribution in [0.5, 0.6) is 0 Å². The van der Waals surface area contributed by atoms with E-state index in [1.54, 1.807) is 0 Å². The average molecular weight is 347 g/mol. The lowest BCUT2D eigenvalue weighted by Gasteiger charge is -2.39. The highest BCUT2D eigenvalue weighted by Gasteiger charge is 2.49. The first-order valence-electron chi connectivity index (χ1n) is 8.88. The van der Waals surface area contributed by atoms with Crippen molar-refractivity contribution in [2.24, 2.45) is 0 Å². The fourth-order valence-electron chi connectivity index (χ4n) is 4.72. The Labute approximate surface area is 157 Å². The highest BCUT2D eigenvalue weighted by molar-refractivity contribution is 7.99. The van der Waals surface area contributed by atoms with E-state index in [2.05, 4.69) is 91.0 Å². The smallest absolute Gasteiger partial charge is 0.0735 e. The second-order valence-corrected chi connectivity index (χ2v) is 7.93. The van der Waals surface area contributed by atoms with Gasteiger partial charge in [-0.15, -0.1) is 0 Å². The van der Waals surface area contributed by atoms with Crippen LogP contribution in [0.15, 0.2) is 101 Å². The summed E-state index contributed by atoms with van der Waals surface area (Å²) in [5.74, 6) is 0. The van der Waals surface area contributed by atoms with Gasteiger partial charge in [0.05, 0.1) is 5.41 Å². The van der Waals surface area contributed by atoms with E-state index in [9.17, 15) is 0 Å². The van der Waals surface area contributed by atoms with Crippen LogP contribution in [0.1, 0.15) is 22.3 Å². The molecule has 0 fully saturated rings. The fraction of sp³-hybridized carbons (Fsp3) is 0.0400. The topological polar surface area (TPSA) is 0 Å². The second-order valence-electron chi connectivity index (χ2n) is 6.85. The lowest BCUT2D eigenvalue weighted by Crippen LogP contribution is -2.31. The maximum Gasteiger partial charge on any atom is 0.0735 e. The Morgan fingerprint density at radius 2 is 1.15 bits per heavy atom. The zero-order valence-electron chi connectivity index (χ0n) is 14.1. The van der Waals surface area contributed by atoms with Gasteiger partial charge in [-0.2, -0.15) is 0 Å². The summed E-state index contributed by atoms with van der Waals surface area (Å²) < 4.78 is 0. The van der Waals surface area contributed by atoms with Gasteiger partial charge in [0.1, 0.15) is 0 Å². The van der Waals surface area contributed by atoms with E-state index in [-0.39, 0.29) is 5.41 Å². The summed E-state index contributed by atoms with van der Waals surface area (Å²) in [5, 5.41) is 0. The predicted octanol–water partition coefficient (Wildman–Crippen LogP) is 6.31. The molecule has 0 nitrogen and oxygen atoms in total. The minimum atomic E-state index is -0.248. The summed E-state index contributed by atoms with van der Waals surface area (Å²) in [6, 6.07) is 36.6. The first-order valence-corrected chi connectivity index (χ1v) is 9.70. The third-order valence-electron chi connectivity index (χ3n) is 5.66. The molecule has 4 aromatic carbocycles. The molecule has 1 aliphatic carbocycles. The average Bonchev–Trinajstić information content (AvgIpc) is 3.00. The molecule has 121 valence electrons. The SMILES string of the molecule is [c]1cccc2c1-c1ccccc1C21c2ccccc2Sc2ccccc21. The van der Waals surface area contributed by atoms with E-state index in [0.29, 0.717) is 0 Å². The summed E-state index contributed by atoms with van der Waals surface area (Å²) in [5.41, 5.74) is 7.78. The molecule has 0 saturated heterocycles. The van der Waals surface area contributed by atoms with E-state index in [4.69, 9.17) is 0 Å². The molecule has 2 aliphatic rings. The molecule has 0 aromatic heterocycles. The van der Waals surface area contributed by atoms with Gasteiger partial charge < -0.3 is 0 Å².